The molecule has 1 heterocycles. The van der Waals surface area contributed by atoms with Gasteiger partial charge in [0.05, 0.1) is 5.57 Å². The standard InChI is InChI=1S/C35H35NO4/c1-23-32(35(38)40-29-14-8-9-15-29)33(26-16-18-28(19-17-26)39-22-24-10-4-2-5-11-24)34-30(36-23)20-27(21-31(34)37)25-12-6-3-7-13-25/h2-7,10-13,16-19,27,29,33,36H,8-9,14-15,20-22H2,1H3/t27-,33-/m1/s1. The first-order valence-corrected chi connectivity index (χ1v) is 14.3. The van der Waals surface area contributed by atoms with Crippen molar-refractivity contribution in [1.29, 1.82) is 0 Å². The number of ketones is 1. The maximum Gasteiger partial charge on any atom is 0.337 e. The van der Waals surface area contributed by atoms with Gasteiger partial charge in [-0.1, -0.05) is 72.8 Å². The van der Waals surface area contributed by atoms with Crippen molar-refractivity contribution in [2.24, 2.45) is 0 Å². The van der Waals surface area contributed by atoms with Crippen LogP contribution in [-0.2, 0) is 20.9 Å². The number of hydrogen-bond acceptors (Lipinski definition) is 5. The van der Waals surface area contributed by atoms with Crippen LogP contribution in [0, 0.1) is 0 Å². The lowest BCUT2D eigenvalue weighted by Gasteiger charge is -2.37. The molecule has 2 aliphatic carbocycles. The van der Waals surface area contributed by atoms with E-state index in [0.717, 1.165) is 65.9 Å². The molecule has 1 saturated carbocycles. The van der Waals surface area contributed by atoms with E-state index in [1.165, 1.54) is 0 Å². The predicted octanol–water partition coefficient (Wildman–Crippen LogP) is 7.11. The smallest absolute Gasteiger partial charge is 0.337 e. The van der Waals surface area contributed by atoms with Gasteiger partial charge in [-0.25, -0.2) is 4.79 Å². The topological polar surface area (TPSA) is 64.6 Å². The Kier molecular flexibility index (Phi) is 7.54. The third-order valence-corrected chi connectivity index (χ3v) is 8.36. The third kappa shape index (κ3) is 5.46. The molecule has 2 atom stereocenters. The highest BCUT2D eigenvalue weighted by atomic mass is 16.5. The van der Waals surface area contributed by atoms with Crippen molar-refractivity contribution in [3.05, 3.63) is 124 Å². The van der Waals surface area contributed by atoms with Gasteiger partial charge in [0.25, 0.3) is 0 Å². The zero-order valence-electron chi connectivity index (χ0n) is 22.9. The number of Topliss-reactive ketones (excluding diaryl/α,β-unsaturated/α-hetero) is 1. The average Bonchev–Trinajstić information content (AvgIpc) is 3.49. The van der Waals surface area contributed by atoms with Crippen LogP contribution in [0.1, 0.15) is 74.0 Å². The minimum atomic E-state index is -0.474. The van der Waals surface area contributed by atoms with Crippen LogP contribution in [0.25, 0.3) is 0 Å². The molecule has 0 saturated heterocycles. The van der Waals surface area contributed by atoms with Crippen molar-refractivity contribution in [2.75, 3.05) is 0 Å². The summed E-state index contributed by atoms with van der Waals surface area (Å²) >= 11 is 0. The second-order valence-electron chi connectivity index (χ2n) is 11.1. The van der Waals surface area contributed by atoms with E-state index in [0.29, 0.717) is 24.2 Å². The van der Waals surface area contributed by atoms with Gasteiger partial charge in [0, 0.05) is 29.3 Å². The predicted molar refractivity (Wildman–Crippen MR) is 155 cm³/mol. The molecule has 0 bridgehead atoms. The van der Waals surface area contributed by atoms with Crippen molar-refractivity contribution in [2.45, 2.75) is 70.0 Å². The maximum atomic E-state index is 13.8. The van der Waals surface area contributed by atoms with Crippen molar-refractivity contribution in [3.8, 4) is 5.75 Å². The molecule has 5 nitrogen and oxygen atoms in total. The minimum absolute atomic E-state index is 0.0536. The number of carbonyl (C=O) groups excluding carboxylic acids is 2. The van der Waals surface area contributed by atoms with Gasteiger partial charge < -0.3 is 14.8 Å². The molecule has 40 heavy (non-hydrogen) atoms. The summed E-state index contributed by atoms with van der Waals surface area (Å²) in [6.07, 6.45) is 5.05. The number of rotatable bonds is 7. The van der Waals surface area contributed by atoms with Crippen molar-refractivity contribution in [1.82, 2.24) is 5.32 Å². The van der Waals surface area contributed by atoms with Crippen LogP contribution in [0.3, 0.4) is 0 Å². The monoisotopic (exact) mass is 533 g/mol. The molecule has 0 aromatic heterocycles. The molecule has 204 valence electrons. The molecule has 3 aliphatic rings. The van der Waals surface area contributed by atoms with E-state index in [1.807, 2.05) is 79.7 Å². The van der Waals surface area contributed by atoms with Crippen LogP contribution in [0.2, 0.25) is 0 Å². The first-order valence-electron chi connectivity index (χ1n) is 14.3. The van der Waals surface area contributed by atoms with Crippen molar-refractivity contribution >= 4 is 11.8 Å². The Balaban J connectivity index is 1.32. The lowest BCUT2D eigenvalue weighted by molar-refractivity contribution is -0.144. The second kappa shape index (κ2) is 11.5. The first kappa shape index (κ1) is 26.1. The van der Waals surface area contributed by atoms with Crippen LogP contribution >= 0.6 is 0 Å². The quantitative estimate of drug-likeness (QED) is 0.328. The molecule has 0 unspecified atom stereocenters. The lowest BCUT2D eigenvalue weighted by Crippen LogP contribution is -2.36. The van der Waals surface area contributed by atoms with E-state index in [1.54, 1.807) is 0 Å². The molecule has 0 radical (unpaired) electrons. The van der Waals surface area contributed by atoms with E-state index in [2.05, 4.69) is 17.4 Å². The van der Waals surface area contributed by atoms with Crippen LogP contribution in [0.5, 0.6) is 5.75 Å². The molecule has 0 amide bonds. The van der Waals surface area contributed by atoms with Crippen LogP contribution < -0.4 is 10.1 Å². The summed E-state index contributed by atoms with van der Waals surface area (Å²) < 4.78 is 12.0. The van der Waals surface area contributed by atoms with Crippen molar-refractivity contribution in [3.63, 3.8) is 0 Å². The van der Waals surface area contributed by atoms with Crippen LogP contribution in [-0.4, -0.2) is 17.9 Å². The molecule has 3 aromatic carbocycles. The Bertz CT molecular complexity index is 1430. The molecule has 0 spiro atoms. The van der Waals surface area contributed by atoms with E-state index in [-0.39, 0.29) is 23.8 Å². The summed E-state index contributed by atoms with van der Waals surface area (Å²) in [7, 11) is 0. The molecular weight excluding hydrogens is 498 g/mol. The number of benzene rings is 3. The van der Waals surface area contributed by atoms with Gasteiger partial charge in [0.2, 0.25) is 0 Å². The number of allylic oxidation sites excluding steroid dienone is 3. The number of nitrogens with one attached hydrogen (secondary N) is 1. The van der Waals surface area contributed by atoms with E-state index < -0.39 is 5.92 Å². The fraction of sp³-hybridized carbons (Fsp3) is 0.314. The number of esters is 1. The summed E-state index contributed by atoms with van der Waals surface area (Å²) in [5, 5.41) is 3.47. The van der Waals surface area contributed by atoms with Crippen LogP contribution in [0.15, 0.2) is 107 Å². The van der Waals surface area contributed by atoms with Crippen LogP contribution in [0.4, 0.5) is 0 Å². The van der Waals surface area contributed by atoms with E-state index >= 15 is 0 Å². The molecule has 3 aromatic rings. The highest BCUT2D eigenvalue weighted by Gasteiger charge is 2.42. The van der Waals surface area contributed by atoms with E-state index in [9.17, 15) is 9.59 Å². The number of carbonyl (C=O) groups is 2. The summed E-state index contributed by atoms with van der Waals surface area (Å²) in [5.74, 6) is 0.129. The normalized spacial score (nSPS) is 21.2. The SMILES string of the molecule is CC1=C(C(=O)OC2CCCC2)[C@@H](c2ccc(OCc3ccccc3)cc2)C2=C(C[C@@H](c3ccccc3)CC2=O)N1. The fourth-order valence-corrected chi connectivity index (χ4v) is 6.32. The van der Waals surface area contributed by atoms with Gasteiger partial charge in [-0.3, -0.25) is 4.79 Å². The Morgan fingerprint density at radius 2 is 1.52 bits per heavy atom. The second-order valence-corrected chi connectivity index (χ2v) is 11.1. The zero-order valence-corrected chi connectivity index (χ0v) is 22.9. The van der Waals surface area contributed by atoms with Gasteiger partial charge >= 0.3 is 5.97 Å². The maximum absolute atomic E-state index is 13.8. The number of ether oxygens (including phenoxy) is 2. The Hall–Kier alpha value is -4.12. The molecule has 5 heteroatoms. The van der Waals surface area contributed by atoms with Gasteiger partial charge in [0.15, 0.2) is 5.78 Å². The van der Waals surface area contributed by atoms with Gasteiger partial charge in [0.1, 0.15) is 18.5 Å². The minimum Gasteiger partial charge on any atom is -0.489 e. The number of hydrogen-bond donors (Lipinski definition) is 1. The van der Waals surface area contributed by atoms with E-state index in [4.69, 9.17) is 9.47 Å². The molecule has 1 fully saturated rings. The summed E-state index contributed by atoms with van der Waals surface area (Å²) in [6, 6.07) is 28.1. The molecular formula is C35H35NO4. The third-order valence-electron chi connectivity index (χ3n) is 8.36. The first-order chi connectivity index (χ1) is 19.6. The summed E-state index contributed by atoms with van der Waals surface area (Å²) in [6.45, 7) is 2.40. The average molecular weight is 534 g/mol. The Labute approximate surface area is 235 Å². The molecule has 1 N–H and O–H groups in total. The van der Waals surface area contributed by atoms with Gasteiger partial charge in [-0.2, -0.15) is 0 Å². The zero-order chi connectivity index (χ0) is 27.5. The fourth-order valence-electron chi connectivity index (χ4n) is 6.32. The molecule has 6 rings (SSSR count). The molecule has 1 aliphatic heterocycles. The summed E-state index contributed by atoms with van der Waals surface area (Å²) in [4.78, 5) is 27.5. The number of dihydropyridines is 1. The van der Waals surface area contributed by atoms with Crippen molar-refractivity contribution < 1.29 is 19.1 Å². The highest BCUT2D eigenvalue weighted by molar-refractivity contribution is 6.04. The Morgan fingerprint density at radius 1 is 0.850 bits per heavy atom. The van der Waals surface area contributed by atoms with Gasteiger partial charge in [-0.05, 0) is 73.8 Å². The largest absolute Gasteiger partial charge is 0.489 e. The summed E-state index contributed by atoms with van der Waals surface area (Å²) in [5.41, 5.74) is 6.05. The van der Waals surface area contributed by atoms with Gasteiger partial charge in [-0.15, -0.1) is 0 Å². The lowest BCUT2D eigenvalue weighted by atomic mass is 9.71. The Morgan fingerprint density at radius 3 is 2.23 bits per heavy atom. The highest BCUT2D eigenvalue weighted by Crippen LogP contribution is 2.46.